The zero-order chi connectivity index (χ0) is 12.7. The molecule has 2 aliphatic rings. The van der Waals surface area contributed by atoms with Gasteiger partial charge in [-0.15, -0.1) is 0 Å². The molecule has 1 aliphatic heterocycles. The summed E-state index contributed by atoms with van der Waals surface area (Å²) in [4.78, 5) is 4.64. The van der Waals surface area contributed by atoms with Crippen LogP contribution in [0.5, 0.6) is 0 Å². The van der Waals surface area contributed by atoms with Crippen LogP contribution in [0.15, 0.2) is 36.7 Å². The van der Waals surface area contributed by atoms with Crippen molar-refractivity contribution in [3.05, 3.63) is 53.6 Å². The summed E-state index contributed by atoms with van der Waals surface area (Å²) < 4.78 is 2.37. The van der Waals surface area contributed by atoms with E-state index in [0.29, 0.717) is 5.92 Å². The summed E-state index contributed by atoms with van der Waals surface area (Å²) in [6.45, 7) is 3.13. The molecule has 0 saturated heterocycles. The van der Waals surface area contributed by atoms with E-state index in [0.717, 1.165) is 25.6 Å². The second-order valence-electron chi connectivity index (χ2n) is 5.76. The van der Waals surface area contributed by atoms with Gasteiger partial charge in [-0.3, -0.25) is 0 Å². The molecule has 1 saturated carbocycles. The first-order chi connectivity index (χ1) is 9.42. The summed E-state index contributed by atoms with van der Waals surface area (Å²) in [7, 11) is 0. The van der Waals surface area contributed by atoms with Crippen LogP contribution in [0.2, 0.25) is 0 Å². The van der Waals surface area contributed by atoms with Crippen molar-refractivity contribution in [2.24, 2.45) is 5.92 Å². The van der Waals surface area contributed by atoms with Crippen LogP contribution in [-0.2, 0) is 13.1 Å². The van der Waals surface area contributed by atoms with Crippen molar-refractivity contribution < 1.29 is 0 Å². The average Bonchev–Trinajstić information content (AvgIpc) is 3.15. The van der Waals surface area contributed by atoms with Crippen LogP contribution >= 0.6 is 0 Å². The second kappa shape index (κ2) is 4.49. The Morgan fingerprint density at radius 3 is 3.05 bits per heavy atom. The maximum Gasteiger partial charge on any atom is 0.117 e. The maximum atomic E-state index is 4.64. The molecule has 3 heteroatoms. The molecular formula is C16H19N3. The summed E-state index contributed by atoms with van der Waals surface area (Å²) in [6, 6.07) is 8.75. The third-order valence-electron chi connectivity index (χ3n) is 4.31. The number of benzene rings is 1. The van der Waals surface area contributed by atoms with Gasteiger partial charge < -0.3 is 9.88 Å². The van der Waals surface area contributed by atoms with E-state index in [2.05, 4.69) is 45.3 Å². The smallest absolute Gasteiger partial charge is 0.117 e. The second-order valence-corrected chi connectivity index (χ2v) is 5.76. The average molecular weight is 253 g/mol. The van der Waals surface area contributed by atoms with Gasteiger partial charge >= 0.3 is 0 Å². The molecule has 2 aromatic rings. The fourth-order valence-electron chi connectivity index (χ4n) is 3.09. The van der Waals surface area contributed by atoms with Crippen LogP contribution in [0.25, 0.3) is 0 Å². The molecule has 2 heterocycles. The molecule has 1 fully saturated rings. The first-order valence-electron chi connectivity index (χ1n) is 7.21. The van der Waals surface area contributed by atoms with Crippen molar-refractivity contribution in [2.75, 3.05) is 6.54 Å². The standard InChI is InChI=1S/C16H19N3/c1-2-4-14-13(3-1)9-17-10-15(14)16-18-7-8-19(16)11-12-5-6-12/h1-4,7-8,12,15,17H,5-6,9-11H2/t15-/m1/s1. The predicted octanol–water partition coefficient (Wildman–Crippen LogP) is 2.53. The van der Waals surface area contributed by atoms with Gasteiger partial charge in [-0.25, -0.2) is 4.98 Å². The van der Waals surface area contributed by atoms with Gasteiger partial charge in [0.25, 0.3) is 0 Å². The zero-order valence-corrected chi connectivity index (χ0v) is 11.0. The normalized spacial score (nSPS) is 22.2. The molecular weight excluding hydrogens is 234 g/mol. The molecule has 1 N–H and O–H groups in total. The Morgan fingerprint density at radius 2 is 2.16 bits per heavy atom. The molecule has 19 heavy (non-hydrogen) atoms. The molecule has 0 radical (unpaired) electrons. The number of rotatable bonds is 3. The Hall–Kier alpha value is -1.61. The Bertz CT molecular complexity index is 583. The Labute approximate surface area is 113 Å². The van der Waals surface area contributed by atoms with E-state index in [-0.39, 0.29) is 0 Å². The largest absolute Gasteiger partial charge is 0.334 e. The van der Waals surface area contributed by atoms with Gasteiger partial charge in [-0.05, 0) is 29.9 Å². The SMILES string of the molecule is c1ccc2c(c1)CNC[C@H]2c1nccn1CC1CC1. The fourth-order valence-corrected chi connectivity index (χ4v) is 3.09. The summed E-state index contributed by atoms with van der Waals surface area (Å²) in [5, 5.41) is 3.52. The van der Waals surface area contributed by atoms with Crippen LogP contribution in [0.1, 0.15) is 35.7 Å². The number of fused-ring (bicyclic) bond motifs is 1. The highest BCUT2D eigenvalue weighted by molar-refractivity contribution is 5.36. The van der Waals surface area contributed by atoms with Crippen LogP contribution in [0.4, 0.5) is 0 Å². The van der Waals surface area contributed by atoms with Crippen LogP contribution in [-0.4, -0.2) is 16.1 Å². The Morgan fingerprint density at radius 1 is 1.26 bits per heavy atom. The fraction of sp³-hybridized carbons (Fsp3) is 0.438. The summed E-state index contributed by atoms with van der Waals surface area (Å²) in [5.74, 6) is 2.52. The van der Waals surface area contributed by atoms with Crippen molar-refractivity contribution in [1.29, 1.82) is 0 Å². The van der Waals surface area contributed by atoms with E-state index in [1.807, 2.05) is 6.20 Å². The third kappa shape index (κ3) is 2.08. The molecule has 1 aromatic carbocycles. The first-order valence-corrected chi connectivity index (χ1v) is 7.21. The minimum absolute atomic E-state index is 0.402. The molecule has 4 rings (SSSR count). The number of hydrogen-bond acceptors (Lipinski definition) is 2. The molecule has 1 aromatic heterocycles. The minimum Gasteiger partial charge on any atom is -0.334 e. The highest BCUT2D eigenvalue weighted by Gasteiger charge is 2.27. The van der Waals surface area contributed by atoms with E-state index in [4.69, 9.17) is 0 Å². The van der Waals surface area contributed by atoms with Gasteiger partial charge in [0.1, 0.15) is 5.82 Å². The number of nitrogens with zero attached hydrogens (tertiary/aromatic N) is 2. The lowest BCUT2D eigenvalue weighted by Gasteiger charge is -2.26. The highest BCUT2D eigenvalue weighted by Crippen LogP contribution is 2.33. The Kier molecular flexibility index (Phi) is 2.66. The van der Waals surface area contributed by atoms with Gasteiger partial charge in [-0.1, -0.05) is 24.3 Å². The first kappa shape index (κ1) is 11.2. The molecule has 0 amide bonds. The van der Waals surface area contributed by atoms with Gasteiger partial charge in [0.15, 0.2) is 0 Å². The van der Waals surface area contributed by atoms with E-state index >= 15 is 0 Å². The maximum absolute atomic E-state index is 4.64. The number of aromatic nitrogens is 2. The lowest BCUT2D eigenvalue weighted by Crippen LogP contribution is -2.30. The van der Waals surface area contributed by atoms with E-state index in [1.165, 1.54) is 29.8 Å². The zero-order valence-electron chi connectivity index (χ0n) is 11.0. The molecule has 0 spiro atoms. The highest BCUT2D eigenvalue weighted by atomic mass is 15.1. The van der Waals surface area contributed by atoms with Crippen molar-refractivity contribution in [2.45, 2.75) is 31.8 Å². The van der Waals surface area contributed by atoms with Crippen molar-refractivity contribution >= 4 is 0 Å². The number of imidazole rings is 1. The van der Waals surface area contributed by atoms with Crippen LogP contribution in [0.3, 0.4) is 0 Å². The monoisotopic (exact) mass is 253 g/mol. The lowest BCUT2D eigenvalue weighted by atomic mass is 9.90. The molecule has 1 atom stereocenters. The van der Waals surface area contributed by atoms with Crippen molar-refractivity contribution in [3.8, 4) is 0 Å². The lowest BCUT2D eigenvalue weighted by molar-refractivity contribution is 0.525. The van der Waals surface area contributed by atoms with Crippen LogP contribution < -0.4 is 5.32 Å². The predicted molar refractivity (Wildman–Crippen MR) is 74.9 cm³/mol. The quantitative estimate of drug-likeness (QED) is 0.911. The molecule has 3 nitrogen and oxygen atoms in total. The van der Waals surface area contributed by atoms with Gasteiger partial charge in [0, 0.05) is 32.0 Å². The minimum atomic E-state index is 0.402. The molecule has 98 valence electrons. The molecule has 1 aliphatic carbocycles. The summed E-state index contributed by atoms with van der Waals surface area (Å²) in [6.07, 6.45) is 6.87. The van der Waals surface area contributed by atoms with Gasteiger partial charge in [0.2, 0.25) is 0 Å². The Balaban J connectivity index is 1.71. The molecule has 0 unspecified atom stereocenters. The van der Waals surface area contributed by atoms with Crippen molar-refractivity contribution in [3.63, 3.8) is 0 Å². The number of hydrogen-bond donors (Lipinski definition) is 1. The van der Waals surface area contributed by atoms with Gasteiger partial charge in [0.05, 0.1) is 5.92 Å². The van der Waals surface area contributed by atoms with Crippen LogP contribution in [0, 0.1) is 5.92 Å². The van der Waals surface area contributed by atoms with E-state index < -0.39 is 0 Å². The summed E-state index contributed by atoms with van der Waals surface area (Å²) in [5.41, 5.74) is 2.87. The number of nitrogens with one attached hydrogen (secondary N) is 1. The van der Waals surface area contributed by atoms with Gasteiger partial charge in [-0.2, -0.15) is 0 Å². The van der Waals surface area contributed by atoms with Crippen molar-refractivity contribution in [1.82, 2.24) is 14.9 Å². The third-order valence-corrected chi connectivity index (χ3v) is 4.31. The van der Waals surface area contributed by atoms with E-state index in [9.17, 15) is 0 Å². The van der Waals surface area contributed by atoms with E-state index in [1.54, 1.807) is 0 Å². The summed E-state index contributed by atoms with van der Waals surface area (Å²) >= 11 is 0. The molecule has 0 bridgehead atoms. The topological polar surface area (TPSA) is 29.9 Å².